The molecule has 0 spiro atoms. The summed E-state index contributed by atoms with van der Waals surface area (Å²) in [7, 11) is -3.99. The van der Waals surface area contributed by atoms with Crippen LogP contribution < -0.4 is 10.4 Å². The SMILES string of the molecule is CCOC(=O)CCCCSc1sc2c(n3c(=O)nc(NS(=O)(=O)c4ccc(C)cc4)c1-3)CCCC2=O. The van der Waals surface area contributed by atoms with Crippen molar-refractivity contribution in [3.8, 4) is 5.69 Å². The van der Waals surface area contributed by atoms with Crippen LogP contribution in [0.3, 0.4) is 0 Å². The van der Waals surface area contributed by atoms with Crippen LogP contribution in [0.1, 0.15) is 60.0 Å². The molecule has 0 saturated carbocycles. The Bertz CT molecular complexity index is 1410. The van der Waals surface area contributed by atoms with Crippen molar-refractivity contribution in [2.45, 2.75) is 61.5 Å². The number of fused-ring (bicyclic) bond motifs is 3. The molecular weight excluding hydrogens is 522 g/mol. The summed E-state index contributed by atoms with van der Waals surface area (Å²) in [6.07, 6.45) is 3.22. The van der Waals surface area contributed by atoms with Gasteiger partial charge in [0.15, 0.2) is 11.6 Å². The Kier molecular flexibility index (Phi) is 8.16. The molecule has 9 nitrogen and oxygen atoms in total. The molecule has 1 aromatic carbocycles. The Hall–Kier alpha value is -2.70. The van der Waals surface area contributed by atoms with E-state index in [9.17, 15) is 22.8 Å². The second kappa shape index (κ2) is 11.1. The number of anilines is 1. The molecule has 0 bridgehead atoms. The molecule has 3 aliphatic rings. The largest absolute Gasteiger partial charge is 0.466 e. The van der Waals surface area contributed by atoms with Gasteiger partial charge >= 0.3 is 11.7 Å². The van der Waals surface area contributed by atoms with Gasteiger partial charge in [-0.1, -0.05) is 17.7 Å². The summed E-state index contributed by atoms with van der Waals surface area (Å²) < 4.78 is 35.6. The van der Waals surface area contributed by atoms with Crippen molar-refractivity contribution in [1.29, 1.82) is 0 Å². The number of rotatable bonds is 10. The van der Waals surface area contributed by atoms with Crippen molar-refractivity contribution in [2.75, 3.05) is 17.1 Å². The minimum atomic E-state index is -3.99. The third-order valence-corrected chi connectivity index (χ3v) is 9.67. The van der Waals surface area contributed by atoms with Crippen molar-refractivity contribution in [3.63, 3.8) is 0 Å². The molecule has 1 aliphatic carbocycles. The number of carbonyl (C=O) groups excluding carboxylic acids is 2. The number of ketones is 1. The number of aryl methyl sites for hydroxylation is 1. The Morgan fingerprint density at radius 1 is 1.19 bits per heavy atom. The summed E-state index contributed by atoms with van der Waals surface area (Å²) in [6, 6.07) is 6.38. The molecule has 1 N–H and O–H groups in total. The maximum atomic E-state index is 13.1. The Balaban J connectivity index is 1.67. The first-order valence-electron chi connectivity index (χ1n) is 11.7. The lowest BCUT2D eigenvalue weighted by molar-refractivity contribution is -0.143. The third-order valence-electron chi connectivity index (χ3n) is 5.71. The van der Waals surface area contributed by atoms with Crippen LogP contribution in [0.15, 0.2) is 38.2 Å². The van der Waals surface area contributed by atoms with E-state index in [1.165, 1.54) is 39.8 Å². The van der Waals surface area contributed by atoms with Gasteiger partial charge < -0.3 is 4.74 Å². The lowest BCUT2D eigenvalue weighted by atomic mass is 10.0. The van der Waals surface area contributed by atoms with E-state index in [4.69, 9.17) is 4.74 Å². The monoisotopic (exact) mass is 549 g/mol. The van der Waals surface area contributed by atoms with Crippen molar-refractivity contribution < 1.29 is 22.7 Å². The van der Waals surface area contributed by atoms with E-state index in [1.807, 2.05) is 6.92 Å². The third kappa shape index (κ3) is 5.65. The van der Waals surface area contributed by atoms with Gasteiger partial charge in [-0.15, -0.1) is 23.1 Å². The van der Waals surface area contributed by atoms with Gasteiger partial charge in [0.1, 0.15) is 5.69 Å². The van der Waals surface area contributed by atoms with Gasteiger partial charge in [-0.3, -0.25) is 18.9 Å². The summed E-state index contributed by atoms with van der Waals surface area (Å²) in [5, 5.41) is 0. The first-order chi connectivity index (χ1) is 17.2. The number of aromatic nitrogens is 2. The number of benzene rings is 1. The molecule has 2 aliphatic heterocycles. The number of nitrogens with one attached hydrogen (secondary N) is 1. The number of Topliss-reactive ketones (excluding diaryl/α,β-unsaturated/α-hetero) is 1. The van der Waals surface area contributed by atoms with Crippen LogP contribution in [0.2, 0.25) is 0 Å². The normalized spacial score (nSPS) is 13.6. The maximum absolute atomic E-state index is 13.1. The molecule has 0 fully saturated rings. The zero-order valence-corrected chi connectivity index (χ0v) is 22.5. The van der Waals surface area contributed by atoms with Crippen molar-refractivity contribution >= 4 is 50.7 Å². The van der Waals surface area contributed by atoms with Gasteiger partial charge in [-0.2, -0.15) is 4.98 Å². The highest BCUT2D eigenvalue weighted by Gasteiger charge is 2.31. The van der Waals surface area contributed by atoms with Crippen molar-refractivity contribution in [3.05, 3.63) is 50.9 Å². The predicted molar refractivity (Wildman–Crippen MR) is 139 cm³/mol. The quantitative estimate of drug-likeness (QED) is 0.227. The van der Waals surface area contributed by atoms with Crippen LogP contribution in [-0.4, -0.2) is 42.1 Å². The van der Waals surface area contributed by atoms with Crippen LogP contribution in [0, 0.1) is 6.92 Å². The first-order valence-corrected chi connectivity index (χ1v) is 15.0. The minimum Gasteiger partial charge on any atom is -0.466 e. The summed E-state index contributed by atoms with van der Waals surface area (Å²) >= 11 is 2.69. The number of imidazole rings is 1. The number of nitrogens with zero attached hydrogens (tertiary/aromatic N) is 2. The number of carbonyl (C=O) groups is 2. The summed E-state index contributed by atoms with van der Waals surface area (Å²) in [4.78, 5) is 41.8. The topological polar surface area (TPSA) is 124 Å². The van der Waals surface area contributed by atoms with E-state index in [0.29, 0.717) is 71.4 Å². The minimum absolute atomic E-state index is 0.0257. The van der Waals surface area contributed by atoms with Gasteiger partial charge in [0.25, 0.3) is 10.0 Å². The summed E-state index contributed by atoms with van der Waals surface area (Å²) in [5.74, 6) is 0.294. The zero-order chi connectivity index (χ0) is 25.9. The van der Waals surface area contributed by atoms with E-state index in [1.54, 1.807) is 19.1 Å². The molecular formula is C24H27N3O6S3. The van der Waals surface area contributed by atoms with Gasteiger partial charge in [0, 0.05) is 18.5 Å². The van der Waals surface area contributed by atoms with E-state index in [-0.39, 0.29) is 22.5 Å². The molecule has 36 heavy (non-hydrogen) atoms. The molecule has 0 unspecified atom stereocenters. The highest BCUT2D eigenvalue weighted by atomic mass is 32.2. The number of ether oxygens (including phenoxy) is 1. The van der Waals surface area contributed by atoms with Gasteiger partial charge in [0.2, 0.25) is 0 Å². The van der Waals surface area contributed by atoms with E-state index < -0.39 is 15.7 Å². The van der Waals surface area contributed by atoms with E-state index in [0.717, 1.165) is 5.56 Å². The smallest absolute Gasteiger partial charge is 0.354 e. The number of esters is 1. The second-order valence-electron chi connectivity index (χ2n) is 8.40. The molecule has 0 atom stereocenters. The Morgan fingerprint density at radius 3 is 2.67 bits per heavy atom. The standard InChI is InChI=1S/C24H27N3O6S3/c1-3-33-19(29)9-4-5-14-34-23-20-22(26-36(31,32)16-12-10-15(2)11-13-16)25-24(30)27(20)17-7-6-8-18(28)21(17)35-23/h10-13H,3-9,14H2,1-2H3,(H,25,26,30). The molecule has 4 rings (SSSR count). The Morgan fingerprint density at radius 2 is 1.94 bits per heavy atom. The van der Waals surface area contributed by atoms with Crippen LogP contribution in [-0.2, 0) is 26.0 Å². The van der Waals surface area contributed by atoms with E-state index in [2.05, 4.69) is 9.71 Å². The molecule has 0 saturated heterocycles. The summed E-state index contributed by atoms with van der Waals surface area (Å²) in [5.41, 5.74) is 1.25. The lowest BCUT2D eigenvalue weighted by Gasteiger charge is -2.21. The number of hydrogen-bond acceptors (Lipinski definition) is 9. The second-order valence-corrected chi connectivity index (χ2v) is 12.5. The van der Waals surface area contributed by atoms with Crippen molar-refractivity contribution in [1.82, 2.24) is 9.55 Å². The van der Waals surface area contributed by atoms with Crippen LogP contribution in [0.5, 0.6) is 0 Å². The van der Waals surface area contributed by atoms with E-state index >= 15 is 0 Å². The number of unbranched alkanes of at least 4 members (excludes halogenated alkanes) is 1. The van der Waals surface area contributed by atoms with Gasteiger partial charge in [-0.05, 0) is 57.4 Å². The number of sulfonamides is 1. The lowest BCUT2D eigenvalue weighted by Crippen LogP contribution is -2.24. The fourth-order valence-corrected chi connectivity index (χ4v) is 7.56. The highest BCUT2D eigenvalue weighted by Crippen LogP contribution is 2.41. The van der Waals surface area contributed by atoms with Crippen molar-refractivity contribution in [2.24, 2.45) is 0 Å². The summed E-state index contributed by atoms with van der Waals surface area (Å²) in [6.45, 7) is 3.97. The van der Waals surface area contributed by atoms with Crippen LogP contribution in [0.25, 0.3) is 5.69 Å². The number of hydrogen-bond donors (Lipinski definition) is 1. The molecule has 0 radical (unpaired) electrons. The number of thioether (sulfide) groups is 1. The molecule has 12 heteroatoms. The predicted octanol–water partition coefficient (Wildman–Crippen LogP) is 4.19. The average Bonchev–Trinajstić information content (AvgIpc) is 3.15. The van der Waals surface area contributed by atoms with Crippen LogP contribution >= 0.6 is 23.1 Å². The van der Waals surface area contributed by atoms with Crippen LogP contribution in [0.4, 0.5) is 5.82 Å². The molecule has 0 amide bonds. The van der Waals surface area contributed by atoms with Gasteiger partial charge in [-0.25, -0.2) is 13.2 Å². The molecule has 1 aromatic rings. The molecule has 0 aromatic heterocycles. The Labute approximate surface area is 217 Å². The maximum Gasteiger partial charge on any atom is 0.354 e. The average molecular weight is 550 g/mol. The zero-order valence-electron chi connectivity index (χ0n) is 20.0. The molecule has 2 heterocycles. The molecule has 192 valence electrons. The fraction of sp³-hybridized carbons (Fsp3) is 0.417. The van der Waals surface area contributed by atoms with Gasteiger partial charge in [0.05, 0.1) is 20.6 Å². The fourth-order valence-electron chi connectivity index (χ4n) is 3.96. The first kappa shape index (κ1) is 26.4. The highest BCUT2D eigenvalue weighted by molar-refractivity contribution is 8.01.